The number of ether oxygens (including phenoxy) is 1. The zero-order valence-corrected chi connectivity index (χ0v) is 10.2. The summed E-state index contributed by atoms with van der Waals surface area (Å²) in [5, 5.41) is 2.68. The minimum Gasteiger partial charge on any atom is -0.467 e. The maximum atomic E-state index is 11.7. The van der Waals surface area contributed by atoms with Gasteiger partial charge in [-0.05, 0) is 12.3 Å². The molecule has 0 fully saturated rings. The summed E-state index contributed by atoms with van der Waals surface area (Å²) >= 11 is 0. The van der Waals surface area contributed by atoms with Gasteiger partial charge in [0, 0.05) is 5.92 Å². The molecule has 88 valence electrons. The molecule has 0 aliphatic rings. The van der Waals surface area contributed by atoms with Gasteiger partial charge >= 0.3 is 5.97 Å². The SMILES string of the molecule is CCC(NC(=O)[C@@H](C)C(C)C)C(=O)OC. The smallest absolute Gasteiger partial charge is 0.328 e. The van der Waals surface area contributed by atoms with E-state index < -0.39 is 6.04 Å². The molecule has 0 saturated heterocycles. The van der Waals surface area contributed by atoms with Crippen LogP contribution < -0.4 is 5.32 Å². The quantitative estimate of drug-likeness (QED) is 0.704. The van der Waals surface area contributed by atoms with Crippen LogP contribution in [0.3, 0.4) is 0 Å². The van der Waals surface area contributed by atoms with Crippen molar-refractivity contribution in [2.75, 3.05) is 7.11 Å². The number of amides is 1. The largest absolute Gasteiger partial charge is 0.467 e. The first kappa shape index (κ1) is 13.9. The minimum absolute atomic E-state index is 0.0938. The molecule has 2 atom stereocenters. The Morgan fingerprint density at radius 3 is 2.13 bits per heavy atom. The van der Waals surface area contributed by atoms with Gasteiger partial charge in [-0.2, -0.15) is 0 Å². The van der Waals surface area contributed by atoms with Crippen LogP contribution in [0.2, 0.25) is 0 Å². The van der Waals surface area contributed by atoms with Gasteiger partial charge in [-0.15, -0.1) is 0 Å². The van der Waals surface area contributed by atoms with Crippen LogP contribution in [0.4, 0.5) is 0 Å². The standard InChI is InChI=1S/C11H21NO3/c1-6-9(11(14)15-5)12-10(13)8(4)7(2)3/h7-9H,6H2,1-5H3,(H,12,13)/t8-,9?/m0/s1. The van der Waals surface area contributed by atoms with Gasteiger partial charge in [-0.3, -0.25) is 4.79 Å². The van der Waals surface area contributed by atoms with Gasteiger partial charge in [0.15, 0.2) is 0 Å². The molecule has 0 spiro atoms. The fraction of sp³-hybridized carbons (Fsp3) is 0.818. The molecule has 1 unspecified atom stereocenters. The first-order valence-electron chi connectivity index (χ1n) is 5.32. The van der Waals surface area contributed by atoms with Gasteiger partial charge in [0.1, 0.15) is 6.04 Å². The number of methoxy groups -OCH3 is 1. The van der Waals surface area contributed by atoms with Gasteiger partial charge in [-0.25, -0.2) is 4.79 Å². The molecule has 4 nitrogen and oxygen atoms in total. The number of nitrogens with one attached hydrogen (secondary N) is 1. The fourth-order valence-corrected chi connectivity index (χ4v) is 1.08. The van der Waals surface area contributed by atoms with Crippen molar-refractivity contribution < 1.29 is 14.3 Å². The van der Waals surface area contributed by atoms with Crippen molar-refractivity contribution in [2.24, 2.45) is 11.8 Å². The summed E-state index contributed by atoms with van der Waals surface area (Å²) in [6.07, 6.45) is 0.545. The third-order valence-corrected chi connectivity index (χ3v) is 2.62. The van der Waals surface area contributed by atoms with Crippen LogP contribution in [-0.2, 0) is 14.3 Å². The highest BCUT2D eigenvalue weighted by atomic mass is 16.5. The van der Waals surface area contributed by atoms with Gasteiger partial charge in [0.25, 0.3) is 0 Å². The molecule has 0 saturated carbocycles. The van der Waals surface area contributed by atoms with E-state index in [1.807, 2.05) is 27.7 Å². The van der Waals surface area contributed by atoms with Crippen LogP contribution >= 0.6 is 0 Å². The van der Waals surface area contributed by atoms with Gasteiger partial charge in [-0.1, -0.05) is 27.7 Å². The fourth-order valence-electron chi connectivity index (χ4n) is 1.08. The van der Waals surface area contributed by atoms with Crippen LogP contribution in [0, 0.1) is 11.8 Å². The number of esters is 1. The molecule has 0 rings (SSSR count). The molecule has 0 aliphatic heterocycles. The van der Waals surface area contributed by atoms with Crippen LogP contribution in [0.15, 0.2) is 0 Å². The molecule has 0 aromatic heterocycles. The summed E-state index contributed by atoms with van der Waals surface area (Å²) in [7, 11) is 1.32. The second-order valence-electron chi connectivity index (χ2n) is 4.03. The highest BCUT2D eigenvalue weighted by Gasteiger charge is 2.23. The Morgan fingerprint density at radius 1 is 1.27 bits per heavy atom. The molecular weight excluding hydrogens is 194 g/mol. The van der Waals surface area contributed by atoms with E-state index in [9.17, 15) is 9.59 Å². The zero-order chi connectivity index (χ0) is 12.0. The first-order chi connectivity index (χ1) is 6.93. The van der Waals surface area contributed by atoms with Crippen molar-refractivity contribution in [3.63, 3.8) is 0 Å². The molecule has 0 bridgehead atoms. The van der Waals surface area contributed by atoms with Crippen LogP contribution in [0.1, 0.15) is 34.1 Å². The van der Waals surface area contributed by atoms with Gasteiger partial charge in [0.05, 0.1) is 7.11 Å². The average Bonchev–Trinajstić information content (AvgIpc) is 2.22. The predicted octanol–water partition coefficient (Wildman–Crippen LogP) is 1.35. The minimum atomic E-state index is -0.524. The average molecular weight is 215 g/mol. The van der Waals surface area contributed by atoms with Gasteiger partial charge in [0.2, 0.25) is 5.91 Å². The van der Waals surface area contributed by atoms with Gasteiger partial charge < -0.3 is 10.1 Å². The Kier molecular flexibility index (Phi) is 5.97. The van der Waals surface area contributed by atoms with E-state index in [2.05, 4.69) is 10.1 Å². The molecule has 0 heterocycles. The normalized spacial score (nSPS) is 14.5. The monoisotopic (exact) mass is 215 g/mol. The lowest BCUT2D eigenvalue weighted by atomic mass is 9.97. The van der Waals surface area contributed by atoms with Crippen molar-refractivity contribution >= 4 is 11.9 Å². The van der Waals surface area contributed by atoms with E-state index in [-0.39, 0.29) is 23.7 Å². The Bertz CT molecular complexity index is 226. The lowest BCUT2D eigenvalue weighted by Crippen LogP contribution is -2.44. The molecule has 0 aliphatic carbocycles. The molecule has 15 heavy (non-hydrogen) atoms. The van der Waals surface area contributed by atoms with Crippen molar-refractivity contribution in [3.05, 3.63) is 0 Å². The molecule has 1 N–H and O–H groups in total. The second-order valence-corrected chi connectivity index (χ2v) is 4.03. The summed E-state index contributed by atoms with van der Waals surface area (Å²) in [6, 6.07) is -0.524. The first-order valence-corrected chi connectivity index (χ1v) is 5.32. The summed E-state index contributed by atoms with van der Waals surface area (Å²) < 4.78 is 4.59. The number of hydrogen-bond acceptors (Lipinski definition) is 3. The highest BCUT2D eigenvalue weighted by Crippen LogP contribution is 2.10. The Balaban J connectivity index is 4.30. The van der Waals surface area contributed by atoms with E-state index in [1.54, 1.807) is 0 Å². The number of carbonyl (C=O) groups is 2. The molecule has 1 amide bonds. The molecule has 0 radical (unpaired) electrons. The zero-order valence-electron chi connectivity index (χ0n) is 10.2. The molecular formula is C11H21NO3. The van der Waals surface area contributed by atoms with Crippen LogP contribution in [0.5, 0.6) is 0 Å². The third-order valence-electron chi connectivity index (χ3n) is 2.62. The van der Waals surface area contributed by atoms with E-state index in [4.69, 9.17) is 0 Å². The van der Waals surface area contributed by atoms with Crippen LogP contribution in [0.25, 0.3) is 0 Å². The Morgan fingerprint density at radius 2 is 1.80 bits per heavy atom. The van der Waals surface area contributed by atoms with Crippen molar-refractivity contribution in [1.82, 2.24) is 5.32 Å². The van der Waals surface area contributed by atoms with Crippen molar-refractivity contribution in [2.45, 2.75) is 40.2 Å². The molecule has 0 aromatic rings. The highest BCUT2D eigenvalue weighted by molar-refractivity contribution is 5.85. The topological polar surface area (TPSA) is 55.4 Å². The van der Waals surface area contributed by atoms with E-state index in [1.165, 1.54) is 7.11 Å². The maximum absolute atomic E-state index is 11.7. The van der Waals surface area contributed by atoms with Crippen molar-refractivity contribution in [1.29, 1.82) is 0 Å². The van der Waals surface area contributed by atoms with E-state index in [0.717, 1.165) is 0 Å². The number of carbonyl (C=O) groups excluding carboxylic acids is 2. The summed E-state index contributed by atoms with van der Waals surface area (Å²) in [6.45, 7) is 7.64. The lowest BCUT2D eigenvalue weighted by molar-refractivity contribution is -0.145. The van der Waals surface area contributed by atoms with E-state index >= 15 is 0 Å². The summed E-state index contributed by atoms with van der Waals surface area (Å²) in [4.78, 5) is 22.9. The second kappa shape index (κ2) is 6.43. The summed E-state index contributed by atoms with van der Waals surface area (Å²) in [5.74, 6) is -0.312. The number of rotatable bonds is 5. The third kappa shape index (κ3) is 4.32. The maximum Gasteiger partial charge on any atom is 0.328 e. The Hall–Kier alpha value is -1.06. The lowest BCUT2D eigenvalue weighted by Gasteiger charge is -2.19. The molecule has 4 heteroatoms. The Labute approximate surface area is 91.4 Å². The van der Waals surface area contributed by atoms with E-state index in [0.29, 0.717) is 6.42 Å². The van der Waals surface area contributed by atoms with Crippen LogP contribution in [-0.4, -0.2) is 25.0 Å². The van der Waals surface area contributed by atoms with Crippen molar-refractivity contribution in [3.8, 4) is 0 Å². The summed E-state index contributed by atoms with van der Waals surface area (Å²) in [5.41, 5.74) is 0. The number of hydrogen-bond donors (Lipinski definition) is 1. The molecule has 0 aromatic carbocycles. The predicted molar refractivity (Wildman–Crippen MR) is 58.2 cm³/mol.